The lowest BCUT2D eigenvalue weighted by atomic mass is 10.0. The zero-order valence-corrected chi connectivity index (χ0v) is 21.7. The molecule has 0 aromatic carbocycles. The smallest absolute Gasteiger partial charge is 0.333 e. The Kier molecular flexibility index (Phi) is 23.9. The van der Waals surface area contributed by atoms with E-state index in [0.29, 0.717) is 18.8 Å². The quantitative estimate of drug-likeness (QED) is 0.0770. The molecule has 0 aromatic heterocycles. The van der Waals surface area contributed by atoms with Crippen LogP contribution in [0.25, 0.3) is 0 Å². The molecule has 0 atom stereocenters. The van der Waals surface area contributed by atoms with Gasteiger partial charge in [-0.05, 0) is 19.8 Å². The Balaban J connectivity index is 3.09. The summed E-state index contributed by atoms with van der Waals surface area (Å²) in [5.41, 5.74) is 0.483. The van der Waals surface area contributed by atoms with Gasteiger partial charge in [0, 0.05) is 11.6 Å². The molecule has 192 valence electrons. The maximum atomic E-state index is 11.2. The summed E-state index contributed by atoms with van der Waals surface area (Å²) in [5.74, 6) is -0.573. The number of carbonyl (C=O) groups is 2. The highest BCUT2D eigenvalue weighted by Gasteiger charge is 2.02. The Morgan fingerprint density at radius 3 is 1.09 bits per heavy atom. The normalized spacial score (nSPS) is 10.7. The summed E-state index contributed by atoms with van der Waals surface area (Å²) in [4.78, 5) is 22.1. The van der Waals surface area contributed by atoms with Crippen LogP contribution in [0.4, 0.5) is 0 Å². The van der Waals surface area contributed by atoms with Crippen LogP contribution in [0.5, 0.6) is 0 Å². The minimum atomic E-state index is -0.310. The van der Waals surface area contributed by atoms with E-state index in [-0.39, 0.29) is 11.9 Å². The average Bonchev–Trinajstić information content (AvgIpc) is 2.81. The van der Waals surface area contributed by atoms with Crippen molar-refractivity contribution in [3.8, 4) is 0 Å². The Hall–Kier alpha value is -1.58. The van der Waals surface area contributed by atoms with Crippen molar-refractivity contribution < 1.29 is 19.1 Å². The van der Waals surface area contributed by atoms with E-state index in [9.17, 15) is 9.59 Å². The molecular formula is C29H52O4. The van der Waals surface area contributed by atoms with Crippen LogP contribution in [-0.2, 0) is 19.1 Å². The largest absolute Gasteiger partial charge is 0.463 e. The van der Waals surface area contributed by atoms with Gasteiger partial charge in [-0.1, -0.05) is 129 Å². The summed E-state index contributed by atoms with van der Waals surface area (Å²) < 4.78 is 10.1. The number of rotatable bonds is 25. The molecule has 0 aliphatic rings. The van der Waals surface area contributed by atoms with Gasteiger partial charge in [-0.2, -0.15) is 0 Å². The van der Waals surface area contributed by atoms with Gasteiger partial charge in [0.05, 0.1) is 13.2 Å². The number of hydrogen-bond acceptors (Lipinski definition) is 4. The second-order valence-corrected chi connectivity index (χ2v) is 9.36. The van der Waals surface area contributed by atoms with Crippen LogP contribution in [0.3, 0.4) is 0 Å². The Bertz CT molecular complexity index is 498. The third kappa shape index (κ3) is 24.9. The Labute approximate surface area is 204 Å². The molecule has 0 heterocycles. The molecule has 0 aliphatic carbocycles. The number of esters is 2. The van der Waals surface area contributed by atoms with Gasteiger partial charge in [0.2, 0.25) is 0 Å². The lowest BCUT2D eigenvalue weighted by Gasteiger charge is -2.05. The fourth-order valence-electron chi connectivity index (χ4n) is 3.91. The molecule has 0 saturated heterocycles. The summed E-state index contributed by atoms with van der Waals surface area (Å²) in [6, 6.07) is 0. The average molecular weight is 465 g/mol. The summed E-state index contributed by atoms with van der Waals surface area (Å²) in [6.07, 6.45) is 27.1. The summed E-state index contributed by atoms with van der Waals surface area (Å²) in [7, 11) is 0. The first-order valence-corrected chi connectivity index (χ1v) is 13.7. The predicted octanol–water partition coefficient (Wildman–Crippen LogP) is 8.64. The van der Waals surface area contributed by atoms with Crippen LogP contribution >= 0.6 is 0 Å². The molecule has 0 aliphatic heterocycles. The molecule has 0 saturated carbocycles. The van der Waals surface area contributed by atoms with Crippen LogP contribution in [0.2, 0.25) is 0 Å². The summed E-state index contributed by atoms with van der Waals surface area (Å²) in [6.45, 7) is 9.72. The van der Waals surface area contributed by atoms with Crippen molar-refractivity contribution in [2.75, 3.05) is 13.2 Å². The molecule has 0 N–H and O–H groups in total. The Morgan fingerprint density at radius 2 is 0.818 bits per heavy atom. The van der Waals surface area contributed by atoms with E-state index in [4.69, 9.17) is 9.47 Å². The third-order valence-corrected chi connectivity index (χ3v) is 6.03. The minimum absolute atomic E-state index is 0.264. The predicted molar refractivity (Wildman–Crippen MR) is 139 cm³/mol. The van der Waals surface area contributed by atoms with E-state index in [1.54, 1.807) is 6.92 Å². The number of carbonyl (C=O) groups excluding carboxylic acids is 2. The fourth-order valence-corrected chi connectivity index (χ4v) is 3.91. The van der Waals surface area contributed by atoms with Crippen LogP contribution in [0.1, 0.15) is 135 Å². The van der Waals surface area contributed by atoms with Crippen molar-refractivity contribution >= 4 is 11.9 Å². The van der Waals surface area contributed by atoms with Gasteiger partial charge in [0.15, 0.2) is 0 Å². The maximum Gasteiger partial charge on any atom is 0.333 e. The molecule has 0 rings (SSSR count). The first-order chi connectivity index (χ1) is 16.1. The van der Waals surface area contributed by atoms with Crippen molar-refractivity contribution in [1.82, 2.24) is 0 Å². The van der Waals surface area contributed by atoms with Gasteiger partial charge in [-0.3, -0.25) is 0 Å². The second-order valence-electron chi connectivity index (χ2n) is 9.36. The van der Waals surface area contributed by atoms with E-state index in [1.165, 1.54) is 109 Å². The fraction of sp³-hybridized carbons (Fsp3) is 0.793. The summed E-state index contributed by atoms with van der Waals surface area (Å²) in [5, 5.41) is 0. The lowest BCUT2D eigenvalue weighted by molar-refractivity contribution is -0.139. The first kappa shape index (κ1) is 31.4. The standard InChI is InChI=1S/C29H52O4/c1-4-28(30)32-25-23-21-19-17-15-13-11-9-7-5-6-8-10-12-14-16-18-20-22-24-26-33-29(31)27(2)3/h4H,1-2,5-26H2,3H3. The molecule has 0 radical (unpaired) electrons. The molecule has 0 fully saturated rings. The van der Waals surface area contributed by atoms with E-state index in [2.05, 4.69) is 13.2 Å². The van der Waals surface area contributed by atoms with E-state index in [1.807, 2.05) is 0 Å². The van der Waals surface area contributed by atoms with Crippen molar-refractivity contribution in [2.24, 2.45) is 0 Å². The molecule has 0 aromatic rings. The van der Waals surface area contributed by atoms with Gasteiger partial charge >= 0.3 is 11.9 Å². The van der Waals surface area contributed by atoms with Crippen LogP contribution in [0, 0.1) is 0 Å². The zero-order chi connectivity index (χ0) is 24.4. The zero-order valence-electron chi connectivity index (χ0n) is 21.7. The number of ether oxygens (including phenoxy) is 2. The number of unbranched alkanes of at least 4 members (excludes halogenated alkanes) is 19. The van der Waals surface area contributed by atoms with Gasteiger partial charge < -0.3 is 9.47 Å². The van der Waals surface area contributed by atoms with Crippen molar-refractivity contribution in [3.63, 3.8) is 0 Å². The van der Waals surface area contributed by atoms with Crippen LogP contribution in [-0.4, -0.2) is 25.2 Å². The Morgan fingerprint density at radius 1 is 0.545 bits per heavy atom. The molecule has 4 nitrogen and oxygen atoms in total. The van der Waals surface area contributed by atoms with E-state index < -0.39 is 0 Å². The van der Waals surface area contributed by atoms with Crippen molar-refractivity contribution in [2.45, 2.75) is 135 Å². The van der Waals surface area contributed by atoms with Crippen LogP contribution < -0.4 is 0 Å². The van der Waals surface area contributed by atoms with Gasteiger partial charge in [-0.25, -0.2) is 9.59 Å². The second kappa shape index (κ2) is 25.1. The van der Waals surface area contributed by atoms with E-state index >= 15 is 0 Å². The van der Waals surface area contributed by atoms with Crippen molar-refractivity contribution in [1.29, 1.82) is 0 Å². The maximum absolute atomic E-state index is 11.2. The highest BCUT2D eigenvalue weighted by atomic mass is 16.5. The third-order valence-electron chi connectivity index (χ3n) is 6.03. The summed E-state index contributed by atoms with van der Waals surface area (Å²) >= 11 is 0. The van der Waals surface area contributed by atoms with Gasteiger partial charge in [-0.15, -0.1) is 0 Å². The van der Waals surface area contributed by atoms with Crippen molar-refractivity contribution in [3.05, 3.63) is 24.8 Å². The van der Waals surface area contributed by atoms with Crippen LogP contribution in [0.15, 0.2) is 24.8 Å². The SMILES string of the molecule is C=CC(=O)OCCCCCCCCCCCCCCCCCCCCCCOC(=O)C(=C)C. The molecule has 0 amide bonds. The number of hydrogen-bond donors (Lipinski definition) is 0. The monoisotopic (exact) mass is 464 g/mol. The highest BCUT2D eigenvalue weighted by Crippen LogP contribution is 2.15. The molecule has 4 heteroatoms. The van der Waals surface area contributed by atoms with Gasteiger partial charge in [0.1, 0.15) is 0 Å². The molecular weight excluding hydrogens is 412 g/mol. The lowest BCUT2D eigenvalue weighted by Crippen LogP contribution is -2.05. The van der Waals surface area contributed by atoms with E-state index in [0.717, 1.165) is 25.7 Å². The first-order valence-electron chi connectivity index (χ1n) is 13.7. The highest BCUT2D eigenvalue weighted by molar-refractivity contribution is 5.86. The molecule has 0 bridgehead atoms. The molecule has 0 spiro atoms. The van der Waals surface area contributed by atoms with Gasteiger partial charge in [0.25, 0.3) is 0 Å². The minimum Gasteiger partial charge on any atom is -0.463 e. The topological polar surface area (TPSA) is 52.6 Å². The molecule has 0 unspecified atom stereocenters. The molecule has 33 heavy (non-hydrogen) atoms.